The first kappa shape index (κ1) is 22.4. The van der Waals surface area contributed by atoms with Crippen LogP contribution in [0, 0.1) is 0 Å². The molecule has 1 amide bonds. The predicted molar refractivity (Wildman–Crippen MR) is 148 cm³/mol. The van der Waals surface area contributed by atoms with Crippen molar-refractivity contribution in [3.63, 3.8) is 0 Å². The number of aromatic nitrogens is 2. The smallest absolute Gasteiger partial charge is 0.261 e. The maximum atomic E-state index is 14.3. The summed E-state index contributed by atoms with van der Waals surface area (Å²) in [5.74, 6) is 0.627. The number of hydrogen-bond acceptors (Lipinski definition) is 6. The van der Waals surface area contributed by atoms with Crippen LogP contribution in [0.15, 0.2) is 96.4 Å². The molecule has 3 aromatic carbocycles. The van der Waals surface area contributed by atoms with Crippen molar-refractivity contribution in [3.05, 3.63) is 108 Å². The molecule has 0 N–H and O–H groups in total. The fourth-order valence-electron chi connectivity index (χ4n) is 4.18. The van der Waals surface area contributed by atoms with Crippen LogP contribution in [0.2, 0.25) is 0 Å². The van der Waals surface area contributed by atoms with Gasteiger partial charge in [0.05, 0.1) is 45.5 Å². The first-order chi connectivity index (χ1) is 17.7. The number of amides is 1. The number of methoxy groups -OCH3 is 1. The van der Waals surface area contributed by atoms with E-state index in [4.69, 9.17) is 14.7 Å². The Labute approximate surface area is 216 Å². The van der Waals surface area contributed by atoms with Crippen LogP contribution in [-0.2, 0) is 6.54 Å². The van der Waals surface area contributed by atoms with E-state index in [2.05, 4.69) is 0 Å². The SMILES string of the molecule is COc1ccc2sc(N(Cc3ccccc3)C(=O)c3cc(-c4cccs4)nc4ccccc34)nc2c1. The summed E-state index contributed by atoms with van der Waals surface area (Å²) in [6.45, 7) is 0.404. The van der Waals surface area contributed by atoms with Gasteiger partial charge in [0.2, 0.25) is 0 Å². The molecule has 0 fully saturated rings. The van der Waals surface area contributed by atoms with Crippen molar-refractivity contribution in [1.29, 1.82) is 0 Å². The number of ether oxygens (including phenoxy) is 1. The topological polar surface area (TPSA) is 55.3 Å². The number of carbonyl (C=O) groups is 1. The summed E-state index contributed by atoms with van der Waals surface area (Å²) < 4.78 is 6.38. The molecule has 7 heteroatoms. The van der Waals surface area contributed by atoms with Gasteiger partial charge in [0.25, 0.3) is 5.91 Å². The summed E-state index contributed by atoms with van der Waals surface area (Å²) in [5, 5.41) is 3.49. The number of fused-ring (bicyclic) bond motifs is 2. The molecule has 0 atom stereocenters. The van der Waals surface area contributed by atoms with Crippen molar-refractivity contribution in [2.24, 2.45) is 0 Å². The van der Waals surface area contributed by atoms with E-state index in [1.807, 2.05) is 96.4 Å². The average Bonchev–Trinajstić information content (AvgIpc) is 3.61. The molecule has 176 valence electrons. The standard InChI is InChI=1S/C29H21N3O2S2/c1-34-20-13-14-27-24(16-20)31-29(36-27)32(18-19-8-3-2-4-9-19)28(33)22-17-25(26-12-7-15-35-26)30-23-11-6-5-10-21(22)23/h2-17H,18H2,1H3. The van der Waals surface area contributed by atoms with E-state index in [-0.39, 0.29) is 5.91 Å². The van der Waals surface area contributed by atoms with Gasteiger partial charge in [-0.2, -0.15) is 0 Å². The Morgan fingerprint density at radius 2 is 1.72 bits per heavy atom. The van der Waals surface area contributed by atoms with Crippen molar-refractivity contribution in [1.82, 2.24) is 9.97 Å². The molecule has 0 radical (unpaired) electrons. The van der Waals surface area contributed by atoms with Gasteiger partial charge in [-0.05, 0) is 41.3 Å². The molecule has 36 heavy (non-hydrogen) atoms. The van der Waals surface area contributed by atoms with Crippen LogP contribution in [0.25, 0.3) is 31.7 Å². The minimum absolute atomic E-state index is 0.110. The van der Waals surface area contributed by atoms with Crippen LogP contribution in [0.3, 0.4) is 0 Å². The number of anilines is 1. The van der Waals surface area contributed by atoms with E-state index >= 15 is 0 Å². The van der Waals surface area contributed by atoms with Crippen LogP contribution in [-0.4, -0.2) is 23.0 Å². The first-order valence-corrected chi connectivity index (χ1v) is 13.1. The number of carbonyl (C=O) groups excluding carboxylic acids is 1. The van der Waals surface area contributed by atoms with Crippen molar-refractivity contribution in [3.8, 4) is 16.3 Å². The molecule has 0 unspecified atom stereocenters. The molecule has 0 saturated carbocycles. The lowest BCUT2D eigenvalue weighted by Crippen LogP contribution is -2.30. The second kappa shape index (κ2) is 9.53. The third-order valence-electron chi connectivity index (χ3n) is 5.96. The minimum Gasteiger partial charge on any atom is -0.497 e. The van der Waals surface area contributed by atoms with Crippen molar-refractivity contribution >= 4 is 54.8 Å². The summed E-state index contributed by atoms with van der Waals surface area (Å²) >= 11 is 3.11. The lowest BCUT2D eigenvalue weighted by Gasteiger charge is -2.21. The van der Waals surface area contributed by atoms with Gasteiger partial charge in [-0.15, -0.1) is 11.3 Å². The highest BCUT2D eigenvalue weighted by Gasteiger charge is 2.25. The molecule has 5 nitrogen and oxygen atoms in total. The zero-order valence-electron chi connectivity index (χ0n) is 19.4. The number of benzene rings is 3. The van der Waals surface area contributed by atoms with Crippen LogP contribution >= 0.6 is 22.7 Å². The predicted octanol–water partition coefficient (Wildman–Crippen LogP) is 7.43. The molecule has 6 aromatic rings. The third kappa shape index (κ3) is 4.23. The Balaban J connectivity index is 1.51. The normalized spacial score (nSPS) is 11.1. The molecule has 0 aliphatic carbocycles. The van der Waals surface area contributed by atoms with Crippen LogP contribution in [0.4, 0.5) is 5.13 Å². The Hall–Kier alpha value is -4.07. The van der Waals surface area contributed by atoms with Gasteiger partial charge in [-0.1, -0.05) is 65.9 Å². The number of nitrogens with zero attached hydrogens (tertiary/aromatic N) is 3. The highest BCUT2D eigenvalue weighted by Crippen LogP contribution is 2.34. The largest absolute Gasteiger partial charge is 0.497 e. The van der Waals surface area contributed by atoms with E-state index in [0.717, 1.165) is 43.0 Å². The van der Waals surface area contributed by atoms with E-state index in [0.29, 0.717) is 17.2 Å². The molecule has 0 aliphatic heterocycles. The van der Waals surface area contributed by atoms with Gasteiger partial charge in [0.1, 0.15) is 5.75 Å². The van der Waals surface area contributed by atoms with Gasteiger partial charge in [-0.3, -0.25) is 9.69 Å². The molecule has 3 aromatic heterocycles. The quantitative estimate of drug-likeness (QED) is 0.235. The number of thiophene rings is 1. The molecule has 0 bridgehead atoms. The summed E-state index contributed by atoms with van der Waals surface area (Å²) in [6.07, 6.45) is 0. The molecule has 6 rings (SSSR count). The van der Waals surface area contributed by atoms with Gasteiger partial charge < -0.3 is 4.74 Å². The summed E-state index contributed by atoms with van der Waals surface area (Å²) in [7, 11) is 1.64. The van der Waals surface area contributed by atoms with E-state index < -0.39 is 0 Å². The average molecular weight is 508 g/mol. The second-order valence-corrected chi connectivity index (χ2v) is 10.2. The van der Waals surface area contributed by atoms with Gasteiger partial charge in [-0.25, -0.2) is 9.97 Å². The summed E-state index contributed by atoms with van der Waals surface area (Å²) in [5.41, 5.74) is 4.02. The molecule has 0 saturated heterocycles. The first-order valence-electron chi connectivity index (χ1n) is 11.4. The maximum Gasteiger partial charge on any atom is 0.261 e. The van der Waals surface area contributed by atoms with Crippen molar-refractivity contribution < 1.29 is 9.53 Å². The highest BCUT2D eigenvalue weighted by molar-refractivity contribution is 7.22. The van der Waals surface area contributed by atoms with E-state index in [1.165, 1.54) is 11.3 Å². The third-order valence-corrected chi connectivity index (χ3v) is 7.91. The number of para-hydroxylation sites is 1. The van der Waals surface area contributed by atoms with Crippen LogP contribution in [0.5, 0.6) is 5.75 Å². The van der Waals surface area contributed by atoms with Gasteiger partial charge in [0.15, 0.2) is 5.13 Å². The van der Waals surface area contributed by atoms with E-state index in [1.54, 1.807) is 23.3 Å². The number of pyridine rings is 1. The van der Waals surface area contributed by atoms with Gasteiger partial charge >= 0.3 is 0 Å². The Morgan fingerprint density at radius 1 is 0.889 bits per heavy atom. The number of rotatable bonds is 6. The number of hydrogen-bond donors (Lipinski definition) is 0. The Bertz CT molecular complexity index is 1680. The Morgan fingerprint density at radius 3 is 2.53 bits per heavy atom. The minimum atomic E-state index is -0.110. The lowest BCUT2D eigenvalue weighted by molar-refractivity contribution is 0.0986. The van der Waals surface area contributed by atoms with Gasteiger partial charge in [0, 0.05) is 11.5 Å². The molecular formula is C29H21N3O2S2. The zero-order valence-corrected chi connectivity index (χ0v) is 21.1. The molecule has 0 spiro atoms. The monoisotopic (exact) mass is 507 g/mol. The van der Waals surface area contributed by atoms with E-state index in [9.17, 15) is 4.79 Å². The summed E-state index contributed by atoms with van der Waals surface area (Å²) in [6, 6.07) is 29.5. The molecular weight excluding hydrogens is 486 g/mol. The lowest BCUT2D eigenvalue weighted by atomic mass is 10.1. The van der Waals surface area contributed by atoms with Crippen LogP contribution in [0.1, 0.15) is 15.9 Å². The highest BCUT2D eigenvalue weighted by atomic mass is 32.1. The number of thiazole rings is 1. The van der Waals surface area contributed by atoms with Crippen molar-refractivity contribution in [2.45, 2.75) is 6.54 Å². The zero-order chi connectivity index (χ0) is 24.5. The van der Waals surface area contributed by atoms with Crippen molar-refractivity contribution in [2.75, 3.05) is 12.0 Å². The maximum absolute atomic E-state index is 14.3. The molecule has 0 aliphatic rings. The van der Waals surface area contributed by atoms with Crippen LogP contribution < -0.4 is 9.64 Å². The fourth-order valence-corrected chi connectivity index (χ4v) is 5.81. The Kier molecular flexibility index (Phi) is 5.93. The fraction of sp³-hybridized carbons (Fsp3) is 0.0690. The molecule has 3 heterocycles. The summed E-state index contributed by atoms with van der Waals surface area (Å²) in [4.78, 5) is 26.8. The second-order valence-electron chi connectivity index (χ2n) is 8.26.